The van der Waals surface area contributed by atoms with E-state index < -0.39 is 0 Å². The SMILES string of the molecule is COc1ccccc1N(C)C1CCN(CC(=O)Nc2ccccn2)CC1. The van der Waals surface area contributed by atoms with Crippen LogP contribution < -0.4 is 15.0 Å². The maximum Gasteiger partial charge on any atom is 0.239 e. The fourth-order valence-electron chi connectivity index (χ4n) is 3.40. The molecule has 1 aliphatic rings. The first-order chi connectivity index (χ1) is 12.7. The lowest BCUT2D eigenvalue weighted by atomic mass is 10.0. The number of pyridine rings is 1. The molecule has 2 aromatic rings. The van der Waals surface area contributed by atoms with Crippen molar-refractivity contribution in [1.29, 1.82) is 0 Å². The monoisotopic (exact) mass is 354 g/mol. The van der Waals surface area contributed by atoms with Gasteiger partial charge in [-0.05, 0) is 37.1 Å². The molecule has 0 saturated carbocycles. The molecule has 26 heavy (non-hydrogen) atoms. The molecule has 6 heteroatoms. The minimum Gasteiger partial charge on any atom is -0.495 e. The van der Waals surface area contributed by atoms with Crippen LogP contribution in [0.2, 0.25) is 0 Å². The van der Waals surface area contributed by atoms with Crippen LogP contribution in [-0.4, -0.2) is 55.6 Å². The van der Waals surface area contributed by atoms with E-state index >= 15 is 0 Å². The number of ether oxygens (including phenoxy) is 1. The van der Waals surface area contributed by atoms with Crippen LogP contribution in [0.3, 0.4) is 0 Å². The summed E-state index contributed by atoms with van der Waals surface area (Å²) in [6.07, 6.45) is 3.71. The van der Waals surface area contributed by atoms with Gasteiger partial charge in [-0.1, -0.05) is 18.2 Å². The van der Waals surface area contributed by atoms with Crippen LogP contribution in [0, 0.1) is 0 Å². The first-order valence-corrected chi connectivity index (χ1v) is 8.96. The molecule has 0 aliphatic carbocycles. The molecule has 0 radical (unpaired) electrons. The number of amides is 1. The number of benzene rings is 1. The largest absolute Gasteiger partial charge is 0.495 e. The number of nitrogens with one attached hydrogen (secondary N) is 1. The van der Waals surface area contributed by atoms with Gasteiger partial charge in [0.1, 0.15) is 11.6 Å². The molecule has 3 rings (SSSR count). The summed E-state index contributed by atoms with van der Waals surface area (Å²) in [5, 5.41) is 2.85. The Morgan fingerprint density at radius 1 is 1.23 bits per heavy atom. The first-order valence-electron chi connectivity index (χ1n) is 8.96. The second-order valence-electron chi connectivity index (χ2n) is 6.55. The van der Waals surface area contributed by atoms with Gasteiger partial charge in [0.2, 0.25) is 5.91 Å². The van der Waals surface area contributed by atoms with Gasteiger partial charge in [-0.2, -0.15) is 0 Å². The van der Waals surface area contributed by atoms with Gasteiger partial charge in [0.25, 0.3) is 0 Å². The van der Waals surface area contributed by atoms with Crippen LogP contribution in [0.25, 0.3) is 0 Å². The molecule has 1 aromatic carbocycles. The quantitative estimate of drug-likeness (QED) is 0.864. The summed E-state index contributed by atoms with van der Waals surface area (Å²) in [5.41, 5.74) is 1.11. The van der Waals surface area contributed by atoms with Gasteiger partial charge in [0, 0.05) is 32.4 Å². The van der Waals surface area contributed by atoms with E-state index in [9.17, 15) is 4.79 Å². The van der Waals surface area contributed by atoms with E-state index in [1.165, 1.54) is 0 Å². The van der Waals surface area contributed by atoms with E-state index in [1.54, 1.807) is 19.4 Å². The molecule has 138 valence electrons. The van der Waals surface area contributed by atoms with Crippen molar-refractivity contribution >= 4 is 17.4 Å². The smallest absolute Gasteiger partial charge is 0.239 e. The lowest BCUT2D eigenvalue weighted by Gasteiger charge is -2.38. The van der Waals surface area contributed by atoms with Gasteiger partial charge in [0.05, 0.1) is 19.3 Å². The molecule has 1 N–H and O–H groups in total. The number of carbonyl (C=O) groups is 1. The summed E-state index contributed by atoms with van der Waals surface area (Å²) >= 11 is 0. The fourth-order valence-corrected chi connectivity index (χ4v) is 3.40. The summed E-state index contributed by atoms with van der Waals surface area (Å²) in [7, 11) is 3.82. The van der Waals surface area contributed by atoms with Crippen LogP contribution in [0.15, 0.2) is 48.7 Å². The molecule has 0 atom stereocenters. The lowest BCUT2D eigenvalue weighted by molar-refractivity contribution is -0.117. The van der Waals surface area contributed by atoms with Gasteiger partial charge in [0.15, 0.2) is 0 Å². The number of nitrogens with zero attached hydrogens (tertiary/aromatic N) is 3. The summed E-state index contributed by atoms with van der Waals surface area (Å²) in [6.45, 7) is 2.21. The Hall–Kier alpha value is -2.60. The van der Waals surface area contributed by atoms with Crippen molar-refractivity contribution in [3.63, 3.8) is 0 Å². The van der Waals surface area contributed by atoms with E-state index in [2.05, 4.69) is 33.2 Å². The first kappa shape index (κ1) is 18.2. The van der Waals surface area contributed by atoms with Crippen molar-refractivity contribution in [2.75, 3.05) is 44.0 Å². The van der Waals surface area contributed by atoms with Crippen LogP contribution >= 0.6 is 0 Å². The number of rotatable bonds is 6. The van der Waals surface area contributed by atoms with E-state index in [0.29, 0.717) is 18.4 Å². The summed E-state index contributed by atoms with van der Waals surface area (Å²) in [5.74, 6) is 1.48. The zero-order valence-corrected chi connectivity index (χ0v) is 15.4. The van der Waals surface area contributed by atoms with Gasteiger partial charge in [-0.15, -0.1) is 0 Å². The van der Waals surface area contributed by atoms with Crippen molar-refractivity contribution < 1.29 is 9.53 Å². The lowest BCUT2D eigenvalue weighted by Crippen LogP contribution is -2.45. The van der Waals surface area contributed by atoms with E-state index in [0.717, 1.165) is 37.4 Å². The molecule has 1 amide bonds. The molecule has 0 unspecified atom stereocenters. The summed E-state index contributed by atoms with van der Waals surface area (Å²) in [4.78, 5) is 20.8. The number of para-hydroxylation sites is 2. The maximum absolute atomic E-state index is 12.2. The maximum atomic E-state index is 12.2. The van der Waals surface area contributed by atoms with Crippen LogP contribution in [0.4, 0.5) is 11.5 Å². The highest BCUT2D eigenvalue weighted by Crippen LogP contribution is 2.30. The zero-order valence-electron chi connectivity index (χ0n) is 15.4. The number of anilines is 2. The predicted octanol–water partition coefficient (Wildman–Crippen LogP) is 2.63. The Bertz CT molecular complexity index is 715. The number of hydrogen-bond acceptors (Lipinski definition) is 5. The zero-order chi connectivity index (χ0) is 18.4. The number of piperidine rings is 1. The Morgan fingerprint density at radius 2 is 1.96 bits per heavy atom. The Morgan fingerprint density at radius 3 is 2.65 bits per heavy atom. The third-order valence-corrected chi connectivity index (χ3v) is 4.87. The minimum atomic E-state index is -0.0137. The van der Waals surface area contributed by atoms with Crippen molar-refractivity contribution in [2.45, 2.75) is 18.9 Å². The minimum absolute atomic E-state index is 0.0137. The predicted molar refractivity (Wildman–Crippen MR) is 104 cm³/mol. The molecule has 1 aliphatic heterocycles. The standard InChI is InChI=1S/C20H26N4O2/c1-23(17-7-3-4-8-18(17)26-2)16-10-13-24(14-11-16)15-20(25)22-19-9-5-6-12-21-19/h3-9,12,16H,10-11,13-15H2,1-2H3,(H,21,22,25). The van der Waals surface area contributed by atoms with E-state index in [4.69, 9.17) is 4.74 Å². The Labute approximate surface area is 154 Å². The van der Waals surface area contributed by atoms with E-state index in [1.807, 2.05) is 30.3 Å². The van der Waals surface area contributed by atoms with Crippen molar-refractivity contribution in [1.82, 2.24) is 9.88 Å². The average Bonchev–Trinajstić information content (AvgIpc) is 2.68. The second kappa shape index (κ2) is 8.67. The number of likely N-dealkylation sites (tertiary alicyclic amines) is 1. The molecule has 1 saturated heterocycles. The van der Waals surface area contributed by atoms with Gasteiger partial charge < -0.3 is 15.0 Å². The molecule has 1 fully saturated rings. The number of methoxy groups -OCH3 is 1. The number of aromatic nitrogens is 1. The molecule has 6 nitrogen and oxygen atoms in total. The highest BCUT2D eigenvalue weighted by Gasteiger charge is 2.25. The molecular formula is C20H26N4O2. The summed E-state index contributed by atoms with van der Waals surface area (Å²) < 4.78 is 5.48. The van der Waals surface area contributed by atoms with Gasteiger partial charge in [-0.3, -0.25) is 9.69 Å². The van der Waals surface area contributed by atoms with Crippen LogP contribution in [-0.2, 0) is 4.79 Å². The number of hydrogen-bond donors (Lipinski definition) is 1. The number of carbonyl (C=O) groups excluding carboxylic acids is 1. The Kier molecular flexibility index (Phi) is 6.07. The molecule has 1 aromatic heterocycles. The highest BCUT2D eigenvalue weighted by molar-refractivity contribution is 5.91. The third-order valence-electron chi connectivity index (χ3n) is 4.87. The average molecular weight is 354 g/mol. The molecule has 0 spiro atoms. The Balaban J connectivity index is 1.50. The van der Waals surface area contributed by atoms with Gasteiger partial charge in [-0.25, -0.2) is 4.98 Å². The highest BCUT2D eigenvalue weighted by atomic mass is 16.5. The molecule has 2 heterocycles. The van der Waals surface area contributed by atoms with Crippen molar-refractivity contribution in [2.24, 2.45) is 0 Å². The topological polar surface area (TPSA) is 57.7 Å². The normalized spacial score (nSPS) is 15.5. The fraction of sp³-hybridized carbons (Fsp3) is 0.400. The van der Waals surface area contributed by atoms with E-state index in [-0.39, 0.29) is 5.91 Å². The molecular weight excluding hydrogens is 328 g/mol. The summed E-state index contributed by atoms with van der Waals surface area (Å²) in [6, 6.07) is 14.0. The molecule has 0 bridgehead atoms. The van der Waals surface area contributed by atoms with Crippen molar-refractivity contribution in [3.8, 4) is 5.75 Å². The van der Waals surface area contributed by atoms with Gasteiger partial charge >= 0.3 is 0 Å². The second-order valence-corrected chi connectivity index (χ2v) is 6.55. The van der Waals surface area contributed by atoms with Crippen LogP contribution in [0.1, 0.15) is 12.8 Å². The third kappa shape index (κ3) is 4.52. The van der Waals surface area contributed by atoms with Crippen LogP contribution in [0.5, 0.6) is 5.75 Å². The van der Waals surface area contributed by atoms with Crippen molar-refractivity contribution in [3.05, 3.63) is 48.7 Å².